The van der Waals surface area contributed by atoms with Crippen molar-refractivity contribution >= 4 is 40.6 Å². The molecule has 34 heavy (non-hydrogen) atoms. The van der Waals surface area contributed by atoms with Gasteiger partial charge in [0.1, 0.15) is 5.52 Å². The molecule has 0 unspecified atom stereocenters. The standard InChI is InChI=1S/C26H26ClN5OS/c1-34-20-10-8-18(9-11-20)16-29-26(33)19-5-4-13-31(17-19)25-24-15-23(30-32(24)14-12-28-25)21-6-2-3-7-22(21)27/h2-3,6-12,14-15,19H,4-5,13,16-17H2,1H3,(H,29,33)/t19-/m0/s1. The lowest BCUT2D eigenvalue weighted by Gasteiger charge is -2.33. The third kappa shape index (κ3) is 4.76. The number of benzene rings is 2. The second-order valence-electron chi connectivity index (χ2n) is 8.44. The van der Waals surface area contributed by atoms with Gasteiger partial charge in [-0.15, -0.1) is 11.8 Å². The van der Waals surface area contributed by atoms with Crippen LogP contribution >= 0.6 is 23.4 Å². The quantitative estimate of drug-likeness (QED) is 0.370. The topological polar surface area (TPSA) is 62.5 Å². The van der Waals surface area contributed by atoms with Gasteiger partial charge < -0.3 is 10.2 Å². The molecule has 1 atom stereocenters. The molecule has 174 valence electrons. The maximum absolute atomic E-state index is 13.0. The van der Waals surface area contributed by atoms with Gasteiger partial charge in [0.25, 0.3) is 0 Å². The Labute approximate surface area is 208 Å². The van der Waals surface area contributed by atoms with Crippen molar-refractivity contribution in [2.45, 2.75) is 24.3 Å². The summed E-state index contributed by atoms with van der Waals surface area (Å²) in [7, 11) is 0. The van der Waals surface area contributed by atoms with Gasteiger partial charge in [-0.05, 0) is 48.9 Å². The van der Waals surface area contributed by atoms with Crippen LogP contribution in [0.15, 0.2) is 71.9 Å². The Bertz CT molecular complexity index is 1310. The van der Waals surface area contributed by atoms with Crippen LogP contribution in [0, 0.1) is 5.92 Å². The van der Waals surface area contributed by atoms with Crippen LogP contribution < -0.4 is 10.2 Å². The highest BCUT2D eigenvalue weighted by atomic mass is 35.5. The van der Waals surface area contributed by atoms with E-state index >= 15 is 0 Å². The zero-order chi connectivity index (χ0) is 23.5. The maximum Gasteiger partial charge on any atom is 0.225 e. The highest BCUT2D eigenvalue weighted by Gasteiger charge is 2.28. The first-order valence-electron chi connectivity index (χ1n) is 11.4. The minimum atomic E-state index is -0.0766. The number of hydrogen-bond donors (Lipinski definition) is 1. The third-order valence-corrected chi connectivity index (χ3v) is 7.31. The van der Waals surface area contributed by atoms with E-state index in [1.165, 1.54) is 4.90 Å². The lowest BCUT2D eigenvalue weighted by molar-refractivity contribution is -0.125. The number of rotatable bonds is 6. The Kier molecular flexibility index (Phi) is 6.74. The molecule has 1 fully saturated rings. The number of halogens is 1. The molecule has 1 N–H and O–H groups in total. The second-order valence-corrected chi connectivity index (χ2v) is 9.73. The van der Waals surface area contributed by atoms with Crippen LogP contribution in [0.3, 0.4) is 0 Å². The summed E-state index contributed by atoms with van der Waals surface area (Å²) >= 11 is 8.11. The summed E-state index contributed by atoms with van der Waals surface area (Å²) in [5.74, 6) is 0.863. The van der Waals surface area contributed by atoms with E-state index < -0.39 is 0 Å². The number of piperidine rings is 1. The molecule has 0 spiro atoms. The van der Waals surface area contributed by atoms with E-state index in [9.17, 15) is 4.79 Å². The van der Waals surface area contributed by atoms with Crippen LogP contribution in [0.4, 0.5) is 5.82 Å². The van der Waals surface area contributed by atoms with Crippen LogP contribution in [0.2, 0.25) is 5.02 Å². The van der Waals surface area contributed by atoms with Crippen molar-refractivity contribution in [3.63, 3.8) is 0 Å². The number of aromatic nitrogens is 3. The molecule has 3 heterocycles. The molecule has 0 saturated carbocycles. The monoisotopic (exact) mass is 491 g/mol. The molecule has 6 nitrogen and oxygen atoms in total. The fourth-order valence-corrected chi connectivity index (χ4v) is 5.05. The van der Waals surface area contributed by atoms with Gasteiger partial charge in [-0.1, -0.05) is 41.9 Å². The zero-order valence-electron chi connectivity index (χ0n) is 18.9. The molecule has 2 aromatic carbocycles. The minimum absolute atomic E-state index is 0.0766. The lowest BCUT2D eigenvalue weighted by Crippen LogP contribution is -2.43. The van der Waals surface area contributed by atoms with E-state index in [0.717, 1.165) is 47.5 Å². The summed E-state index contributed by atoms with van der Waals surface area (Å²) in [6.45, 7) is 2.04. The molecule has 1 amide bonds. The van der Waals surface area contributed by atoms with Crippen molar-refractivity contribution in [1.82, 2.24) is 19.9 Å². The molecule has 4 aromatic rings. The van der Waals surface area contributed by atoms with Crippen LogP contribution in [0.1, 0.15) is 18.4 Å². The van der Waals surface area contributed by atoms with Gasteiger partial charge in [-0.3, -0.25) is 4.79 Å². The fourth-order valence-electron chi connectivity index (χ4n) is 4.41. The highest BCUT2D eigenvalue weighted by Crippen LogP contribution is 2.31. The Morgan fingerprint density at radius 1 is 1.21 bits per heavy atom. The smallest absolute Gasteiger partial charge is 0.225 e. The van der Waals surface area contributed by atoms with Crippen molar-refractivity contribution in [2.24, 2.45) is 5.92 Å². The summed E-state index contributed by atoms with van der Waals surface area (Å²) in [6, 6.07) is 18.0. The average molecular weight is 492 g/mol. The first-order valence-corrected chi connectivity index (χ1v) is 13.0. The Balaban J connectivity index is 1.31. The summed E-state index contributed by atoms with van der Waals surface area (Å²) < 4.78 is 1.84. The Morgan fingerprint density at radius 2 is 2.03 bits per heavy atom. The summed E-state index contributed by atoms with van der Waals surface area (Å²) in [6.07, 6.45) is 7.47. The summed E-state index contributed by atoms with van der Waals surface area (Å²) in [5, 5.41) is 8.50. The number of hydrogen-bond acceptors (Lipinski definition) is 5. The molecule has 2 aromatic heterocycles. The average Bonchev–Trinajstić information content (AvgIpc) is 3.32. The van der Waals surface area contributed by atoms with Gasteiger partial charge in [0.05, 0.1) is 16.6 Å². The van der Waals surface area contributed by atoms with Crippen molar-refractivity contribution in [3.05, 3.63) is 77.6 Å². The molecule has 0 bridgehead atoms. The van der Waals surface area contributed by atoms with Crippen molar-refractivity contribution in [1.29, 1.82) is 0 Å². The molecule has 8 heteroatoms. The molecule has 1 aliphatic rings. The Morgan fingerprint density at radius 3 is 2.82 bits per heavy atom. The number of carbonyl (C=O) groups is 1. The molecular weight excluding hydrogens is 466 g/mol. The maximum atomic E-state index is 13.0. The highest BCUT2D eigenvalue weighted by molar-refractivity contribution is 7.98. The lowest BCUT2D eigenvalue weighted by atomic mass is 9.97. The van der Waals surface area contributed by atoms with E-state index in [2.05, 4.69) is 45.7 Å². The van der Waals surface area contributed by atoms with E-state index in [0.29, 0.717) is 18.1 Å². The first kappa shape index (κ1) is 22.7. The number of fused-ring (bicyclic) bond motifs is 1. The SMILES string of the molecule is CSc1ccc(CNC(=O)[C@H]2CCCN(c3nccn4nc(-c5ccccc5Cl)cc34)C2)cc1. The molecule has 0 aliphatic carbocycles. The number of amides is 1. The van der Waals surface area contributed by atoms with Crippen LogP contribution in [0.25, 0.3) is 16.8 Å². The van der Waals surface area contributed by atoms with Gasteiger partial charge in [-0.25, -0.2) is 9.50 Å². The van der Waals surface area contributed by atoms with Gasteiger partial charge in [-0.2, -0.15) is 5.10 Å². The minimum Gasteiger partial charge on any atom is -0.354 e. The van der Waals surface area contributed by atoms with E-state index in [1.54, 1.807) is 18.0 Å². The second kappa shape index (κ2) is 10.1. The van der Waals surface area contributed by atoms with Gasteiger partial charge in [0, 0.05) is 42.5 Å². The van der Waals surface area contributed by atoms with Gasteiger partial charge in [0.2, 0.25) is 5.91 Å². The van der Waals surface area contributed by atoms with Crippen molar-refractivity contribution in [2.75, 3.05) is 24.2 Å². The van der Waals surface area contributed by atoms with Crippen molar-refractivity contribution < 1.29 is 4.79 Å². The third-order valence-electron chi connectivity index (χ3n) is 6.24. The van der Waals surface area contributed by atoms with Gasteiger partial charge in [0.15, 0.2) is 5.82 Å². The van der Waals surface area contributed by atoms with Crippen LogP contribution in [-0.4, -0.2) is 39.9 Å². The largest absolute Gasteiger partial charge is 0.354 e. The van der Waals surface area contributed by atoms with E-state index in [-0.39, 0.29) is 11.8 Å². The predicted molar refractivity (Wildman–Crippen MR) is 138 cm³/mol. The molecule has 0 radical (unpaired) electrons. The molecule has 1 saturated heterocycles. The number of thioether (sulfide) groups is 1. The normalized spacial score (nSPS) is 16.1. The summed E-state index contributed by atoms with van der Waals surface area (Å²) in [4.78, 5) is 21.1. The zero-order valence-corrected chi connectivity index (χ0v) is 20.5. The van der Waals surface area contributed by atoms with E-state index in [1.807, 2.05) is 41.0 Å². The molecule has 5 rings (SSSR count). The first-order chi connectivity index (χ1) is 16.6. The molecular formula is C26H26ClN5OS. The number of nitrogens with one attached hydrogen (secondary N) is 1. The van der Waals surface area contributed by atoms with E-state index in [4.69, 9.17) is 16.7 Å². The molecule has 1 aliphatic heterocycles. The number of nitrogens with zero attached hydrogens (tertiary/aromatic N) is 4. The Hall–Kier alpha value is -3.03. The number of carbonyl (C=O) groups excluding carboxylic acids is 1. The van der Waals surface area contributed by atoms with Gasteiger partial charge >= 0.3 is 0 Å². The number of anilines is 1. The fraction of sp³-hybridized carbons (Fsp3) is 0.269. The summed E-state index contributed by atoms with van der Waals surface area (Å²) in [5.41, 5.74) is 3.71. The van der Waals surface area contributed by atoms with Crippen molar-refractivity contribution in [3.8, 4) is 11.3 Å². The van der Waals surface area contributed by atoms with Crippen LogP contribution in [-0.2, 0) is 11.3 Å². The predicted octanol–water partition coefficient (Wildman–Crippen LogP) is 5.30. The van der Waals surface area contributed by atoms with Crippen LogP contribution in [0.5, 0.6) is 0 Å².